The fourth-order valence-corrected chi connectivity index (χ4v) is 11.5. The number of piperidine rings is 1. The molecule has 0 bridgehead atoms. The molecule has 19 nitrogen and oxygen atoms in total. The van der Waals surface area contributed by atoms with Crippen LogP contribution in [0.25, 0.3) is 10.4 Å². The zero-order chi connectivity index (χ0) is 52.1. The zero-order valence-electron chi connectivity index (χ0n) is 42.2. The first-order chi connectivity index (χ1) is 35.6. The van der Waals surface area contributed by atoms with Gasteiger partial charge in [0, 0.05) is 71.0 Å². The lowest BCUT2D eigenvalue weighted by Crippen LogP contribution is -2.55. The molecule has 3 saturated heterocycles. The van der Waals surface area contributed by atoms with Crippen molar-refractivity contribution in [3.8, 4) is 16.2 Å². The van der Waals surface area contributed by atoms with E-state index in [1.54, 1.807) is 42.7 Å². The van der Waals surface area contributed by atoms with Crippen molar-refractivity contribution in [2.24, 2.45) is 11.8 Å². The van der Waals surface area contributed by atoms with Crippen molar-refractivity contribution in [3.63, 3.8) is 0 Å². The second kappa shape index (κ2) is 23.2. The number of sulfonamides is 1. The Morgan fingerprint density at radius 2 is 1.68 bits per heavy atom. The fourth-order valence-electron chi connectivity index (χ4n) is 10.0. The summed E-state index contributed by atoms with van der Waals surface area (Å²) in [5.41, 5.74) is 7.43. The molecule has 22 heteroatoms. The van der Waals surface area contributed by atoms with Gasteiger partial charge in [-0.15, -0.1) is 11.3 Å². The minimum atomic E-state index is -3.52. The molecule has 5 heterocycles. The van der Waals surface area contributed by atoms with E-state index in [9.17, 15) is 27.9 Å². The van der Waals surface area contributed by atoms with Crippen LogP contribution < -0.4 is 35.2 Å². The van der Waals surface area contributed by atoms with Crippen molar-refractivity contribution in [3.05, 3.63) is 94.7 Å². The smallest absolute Gasteiger partial charge is 0.246 e. The second-order valence-corrected chi connectivity index (χ2v) is 23.0. The van der Waals surface area contributed by atoms with Crippen LogP contribution in [0.15, 0.2) is 78.4 Å². The number of ether oxygens (including phenoxy) is 1. The van der Waals surface area contributed by atoms with E-state index in [0.717, 1.165) is 105 Å². The quantitative estimate of drug-likeness (QED) is 0.0694. The third-order valence-corrected chi connectivity index (χ3v) is 16.9. The van der Waals surface area contributed by atoms with E-state index < -0.39 is 28.2 Å². The molecule has 2 aromatic heterocycles. The summed E-state index contributed by atoms with van der Waals surface area (Å²) in [5.74, 6) is 0.900. The lowest BCUT2D eigenvalue weighted by atomic mass is 9.96. The molecule has 3 amide bonds. The van der Waals surface area contributed by atoms with E-state index in [4.69, 9.17) is 16.3 Å². The number of methoxy groups -OCH3 is 1. The number of aliphatic hydroxyl groups excluding tert-OH is 1. The minimum Gasteiger partial charge on any atom is -0.494 e. The van der Waals surface area contributed by atoms with Gasteiger partial charge in [-0.3, -0.25) is 28.5 Å². The molecule has 5 aromatic rings. The maximum absolute atomic E-state index is 14.1. The molecule has 3 atom stereocenters. The van der Waals surface area contributed by atoms with Crippen molar-refractivity contribution >= 4 is 85.2 Å². The standard InChI is InChI=1S/C52H65ClN12O7S2/c1-33-48(73-32-56-33)37-11-9-34(10-12-37)27-54-50(68)44-26-39(66)30-65(44)51(69)47(36-13-14-36)59-46(67)31-62-19-17-35(18-20-62)29-63-21-23-64(24-22-63)38-15-16-42(45(25-38)72-3)58-52-55-28-40(53)49(60-52)57-41-7-5-6-8-43(41)61(2)74(4,70)71/h5-12,15-16,25,28,32,35-36,39,44,47,66H,13-14,17-24,26-27,29-31H2,1-4H3,(H,54,68)(H,59,67)(H2,55,57,58,60)/t39-,44+,47+/m1/s1. The van der Waals surface area contributed by atoms with Crippen LogP contribution in [0.2, 0.25) is 5.02 Å². The first-order valence-corrected chi connectivity index (χ1v) is 28.2. The molecule has 0 spiro atoms. The molecule has 9 rings (SSSR count). The van der Waals surface area contributed by atoms with Gasteiger partial charge in [0.25, 0.3) is 0 Å². The van der Waals surface area contributed by atoms with Gasteiger partial charge >= 0.3 is 0 Å². The van der Waals surface area contributed by atoms with Crippen LogP contribution in [0.1, 0.15) is 43.4 Å². The number of rotatable bonds is 19. The molecule has 4 aliphatic rings. The van der Waals surface area contributed by atoms with E-state index >= 15 is 0 Å². The van der Waals surface area contributed by atoms with Crippen molar-refractivity contribution < 1.29 is 32.6 Å². The van der Waals surface area contributed by atoms with Crippen LogP contribution in [0.4, 0.5) is 34.5 Å². The van der Waals surface area contributed by atoms with E-state index in [1.807, 2.05) is 54.9 Å². The van der Waals surface area contributed by atoms with Gasteiger partial charge in [0.05, 0.1) is 65.4 Å². The molecular weight excluding hydrogens is 1000 g/mol. The number of nitrogens with zero attached hydrogens (tertiary/aromatic N) is 8. The SMILES string of the molecule is COc1cc(N2CCN(CC3CCN(CC(=O)N[C@H](C(=O)N4C[C@H](O)C[C@H]4C(=O)NCc4ccc(-c5scnc5C)cc4)C4CC4)CC3)CC2)ccc1Nc1ncc(Cl)c(Nc2ccccc2N(C)S(C)(=O)=O)n1. The highest BCUT2D eigenvalue weighted by Gasteiger charge is 2.46. The van der Waals surface area contributed by atoms with Crippen LogP contribution in [-0.4, -0.2) is 158 Å². The number of thiazole rings is 1. The van der Waals surface area contributed by atoms with Crippen molar-refractivity contribution in [1.82, 2.24) is 40.3 Å². The monoisotopic (exact) mass is 1070 g/mol. The summed E-state index contributed by atoms with van der Waals surface area (Å²) in [6, 6.07) is 19.4. The molecule has 3 aromatic carbocycles. The normalized spacial score (nSPS) is 19.2. The van der Waals surface area contributed by atoms with Crippen LogP contribution in [0, 0.1) is 18.8 Å². The van der Waals surface area contributed by atoms with Crippen LogP contribution in [-0.2, 0) is 31.0 Å². The summed E-state index contributed by atoms with van der Waals surface area (Å²) in [7, 11) is -0.420. The summed E-state index contributed by atoms with van der Waals surface area (Å²) < 4.78 is 31.6. The number of β-amino-alcohol motifs (C(OH)–C–C–N with tert-alkyl or cyclic N) is 1. The first kappa shape index (κ1) is 52.8. The first-order valence-electron chi connectivity index (χ1n) is 25.1. The highest BCUT2D eigenvalue weighted by atomic mass is 35.5. The van der Waals surface area contributed by atoms with Gasteiger partial charge < -0.3 is 40.9 Å². The summed E-state index contributed by atoms with van der Waals surface area (Å²) in [6.07, 6.45) is 5.55. The number of piperazine rings is 1. The number of nitrogens with one attached hydrogen (secondary N) is 4. The van der Waals surface area contributed by atoms with Gasteiger partial charge in [-0.1, -0.05) is 48.0 Å². The molecule has 1 aliphatic carbocycles. The minimum absolute atomic E-state index is 0.0170. The predicted molar refractivity (Wildman–Crippen MR) is 289 cm³/mol. The van der Waals surface area contributed by atoms with Gasteiger partial charge in [0.15, 0.2) is 5.82 Å². The van der Waals surface area contributed by atoms with E-state index in [-0.39, 0.29) is 54.1 Å². The van der Waals surface area contributed by atoms with Gasteiger partial charge in [-0.2, -0.15) is 4.98 Å². The van der Waals surface area contributed by atoms with Crippen LogP contribution >= 0.6 is 22.9 Å². The number of carbonyl (C=O) groups is 3. The third-order valence-electron chi connectivity index (χ3n) is 14.5. The Balaban J connectivity index is 0.711. The molecule has 74 heavy (non-hydrogen) atoms. The number of hydrogen-bond acceptors (Lipinski definition) is 16. The lowest BCUT2D eigenvalue weighted by molar-refractivity contribution is -0.142. The largest absolute Gasteiger partial charge is 0.494 e. The number of halogens is 1. The highest BCUT2D eigenvalue weighted by Crippen LogP contribution is 2.37. The summed E-state index contributed by atoms with van der Waals surface area (Å²) >= 11 is 8.08. The highest BCUT2D eigenvalue weighted by molar-refractivity contribution is 7.92. The molecule has 0 unspecified atom stereocenters. The number of hydrogen-bond donors (Lipinski definition) is 5. The Bertz CT molecular complexity index is 2910. The summed E-state index contributed by atoms with van der Waals surface area (Å²) in [4.78, 5) is 64.0. The Morgan fingerprint density at radius 3 is 2.36 bits per heavy atom. The molecule has 4 fully saturated rings. The van der Waals surface area contributed by atoms with Crippen molar-refractivity contribution in [1.29, 1.82) is 0 Å². The Morgan fingerprint density at radius 1 is 0.932 bits per heavy atom. The Labute approximate surface area is 441 Å². The molecule has 1 saturated carbocycles. The topological polar surface area (TPSA) is 218 Å². The second-order valence-electron chi connectivity index (χ2n) is 19.7. The number of anilines is 6. The number of aryl methyl sites for hydroxylation is 1. The lowest BCUT2D eigenvalue weighted by Gasteiger charge is -2.39. The van der Waals surface area contributed by atoms with Gasteiger partial charge in [-0.05, 0) is 92.9 Å². The van der Waals surface area contributed by atoms with Crippen LogP contribution in [0.3, 0.4) is 0 Å². The van der Waals surface area contributed by atoms with Gasteiger partial charge in [-0.25, -0.2) is 18.4 Å². The molecule has 5 N–H and O–H groups in total. The number of benzene rings is 3. The molecule has 394 valence electrons. The summed E-state index contributed by atoms with van der Waals surface area (Å²) in [5, 5.41) is 23.3. The average molecular weight is 1070 g/mol. The molecular formula is C52H65ClN12O7S2. The number of likely N-dealkylation sites (tertiary alicyclic amines) is 2. The van der Waals surface area contributed by atoms with E-state index in [0.29, 0.717) is 41.1 Å². The van der Waals surface area contributed by atoms with Gasteiger partial charge in [0.1, 0.15) is 22.9 Å². The van der Waals surface area contributed by atoms with Gasteiger partial charge in [0.2, 0.25) is 33.7 Å². The van der Waals surface area contributed by atoms with E-state index in [1.165, 1.54) is 22.4 Å². The number of amides is 3. The third kappa shape index (κ3) is 12.9. The fraction of sp³-hybridized carbons (Fsp3) is 0.462. The maximum Gasteiger partial charge on any atom is 0.246 e. The number of aliphatic hydroxyl groups is 1. The number of para-hydroxylation sites is 2. The number of aromatic nitrogens is 3. The molecule has 0 radical (unpaired) electrons. The number of carbonyl (C=O) groups excluding carboxylic acids is 3. The van der Waals surface area contributed by atoms with Crippen LogP contribution in [0.5, 0.6) is 5.75 Å². The predicted octanol–water partition coefficient (Wildman–Crippen LogP) is 5.46. The average Bonchev–Trinajstić information content (AvgIpc) is 4.03. The maximum atomic E-state index is 14.1. The Hall–Kier alpha value is -6.10. The summed E-state index contributed by atoms with van der Waals surface area (Å²) in [6.45, 7) is 8.65. The van der Waals surface area contributed by atoms with Crippen molar-refractivity contribution in [2.75, 3.05) is 99.2 Å². The van der Waals surface area contributed by atoms with Crippen molar-refractivity contribution in [2.45, 2.75) is 63.8 Å². The zero-order valence-corrected chi connectivity index (χ0v) is 44.6. The Kier molecular flexibility index (Phi) is 16.5. The van der Waals surface area contributed by atoms with E-state index in [2.05, 4.69) is 50.9 Å². The molecule has 3 aliphatic heterocycles.